The van der Waals surface area contributed by atoms with Crippen molar-refractivity contribution in [2.45, 2.75) is 37.5 Å². The van der Waals surface area contributed by atoms with E-state index in [-0.39, 0.29) is 5.41 Å². The quantitative estimate of drug-likeness (QED) is 0.191. The van der Waals surface area contributed by atoms with E-state index in [0.29, 0.717) is 0 Å². The second-order valence-corrected chi connectivity index (χ2v) is 14.0. The fourth-order valence-corrected chi connectivity index (χ4v) is 8.96. The smallest absolute Gasteiger partial charge is 0.160 e. The summed E-state index contributed by atoms with van der Waals surface area (Å²) in [5.74, 6) is 0.734. The van der Waals surface area contributed by atoms with E-state index in [1.807, 2.05) is 12.1 Å². The molecule has 2 aliphatic rings. The lowest BCUT2D eigenvalue weighted by Crippen LogP contribution is -2.28. The van der Waals surface area contributed by atoms with Gasteiger partial charge in [0.1, 0.15) is 0 Å². The van der Waals surface area contributed by atoms with Crippen LogP contribution in [0.25, 0.3) is 77.7 Å². The van der Waals surface area contributed by atoms with Crippen molar-refractivity contribution in [3.05, 3.63) is 169 Å². The Hall–Kier alpha value is -5.86. The number of rotatable bonds is 4. The Kier molecular flexibility index (Phi) is 6.77. The number of fused-ring (bicyclic) bond motifs is 7. The lowest BCUT2D eigenvalue weighted by molar-refractivity contribution is 0.353. The normalized spacial score (nSPS) is 14.6. The van der Waals surface area contributed by atoms with Crippen LogP contribution in [0.3, 0.4) is 0 Å². The third-order valence-electron chi connectivity index (χ3n) is 11.3. The Morgan fingerprint density at radius 3 is 1.78 bits per heavy atom. The van der Waals surface area contributed by atoms with Crippen LogP contribution < -0.4 is 0 Å². The Labute approximate surface area is 293 Å². The van der Waals surface area contributed by atoms with Gasteiger partial charge < -0.3 is 0 Å². The van der Waals surface area contributed by atoms with Crippen LogP contribution in [0.2, 0.25) is 0 Å². The number of hydrogen-bond acceptors (Lipinski definition) is 2. The lowest BCUT2D eigenvalue weighted by atomic mass is 9.67. The zero-order chi connectivity index (χ0) is 33.1. The van der Waals surface area contributed by atoms with Gasteiger partial charge in [-0.25, -0.2) is 9.97 Å². The molecule has 0 radical (unpaired) electrons. The molecule has 1 spiro atoms. The van der Waals surface area contributed by atoms with E-state index in [1.54, 1.807) is 0 Å². The fourth-order valence-electron chi connectivity index (χ4n) is 8.96. The number of aromatic nitrogens is 2. The molecule has 1 saturated carbocycles. The molecule has 0 aliphatic heterocycles. The lowest BCUT2D eigenvalue weighted by Gasteiger charge is -2.36. The Morgan fingerprint density at radius 1 is 0.400 bits per heavy atom. The van der Waals surface area contributed by atoms with Gasteiger partial charge in [-0.2, -0.15) is 0 Å². The van der Waals surface area contributed by atoms with Crippen LogP contribution in [0.1, 0.15) is 43.2 Å². The molecule has 1 fully saturated rings. The zero-order valence-electron chi connectivity index (χ0n) is 27.9. The van der Waals surface area contributed by atoms with Gasteiger partial charge in [0.2, 0.25) is 0 Å². The first-order valence-corrected chi connectivity index (χ1v) is 18.0. The molecule has 50 heavy (non-hydrogen) atoms. The maximum atomic E-state index is 5.21. The molecule has 0 N–H and O–H groups in total. The third-order valence-corrected chi connectivity index (χ3v) is 11.3. The first kappa shape index (κ1) is 29.1. The maximum absolute atomic E-state index is 5.21. The summed E-state index contributed by atoms with van der Waals surface area (Å²) in [5.41, 5.74) is 13.6. The average molecular weight is 641 g/mol. The van der Waals surface area contributed by atoms with Crippen molar-refractivity contribution < 1.29 is 0 Å². The van der Waals surface area contributed by atoms with Gasteiger partial charge in [-0.15, -0.1) is 0 Å². The summed E-state index contributed by atoms with van der Waals surface area (Å²) in [6.07, 6.45) is 6.32. The molecule has 0 bridgehead atoms. The Balaban J connectivity index is 1.20. The zero-order valence-corrected chi connectivity index (χ0v) is 27.9. The minimum absolute atomic E-state index is 0.0847. The fraction of sp³-hybridized carbons (Fsp3) is 0.125. The second kappa shape index (κ2) is 11.6. The minimum atomic E-state index is 0.0847. The molecular formula is C48H36N2. The van der Waals surface area contributed by atoms with Crippen LogP contribution in [0, 0.1) is 0 Å². The molecule has 2 nitrogen and oxygen atoms in total. The minimum Gasteiger partial charge on any atom is -0.228 e. The second-order valence-electron chi connectivity index (χ2n) is 14.0. The van der Waals surface area contributed by atoms with E-state index in [9.17, 15) is 0 Å². The molecule has 1 aromatic heterocycles. The maximum Gasteiger partial charge on any atom is 0.160 e. The Bertz CT molecular complexity index is 2500. The summed E-state index contributed by atoms with van der Waals surface area (Å²) in [7, 11) is 0. The molecule has 1 heterocycles. The molecule has 7 aromatic carbocycles. The van der Waals surface area contributed by atoms with E-state index in [2.05, 4.69) is 146 Å². The van der Waals surface area contributed by atoms with Crippen LogP contribution >= 0.6 is 0 Å². The summed E-state index contributed by atoms with van der Waals surface area (Å²) in [6, 6.07) is 57.4. The SMILES string of the molecule is c1ccc(-c2cc(-c3ccc(-c4cccc5c4-c4cc6ccccc6cc4C54CCCCC4)c4ccccc34)nc(-c3ccccc3)n2)cc1. The number of hydrogen-bond donors (Lipinski definition) is 0. The molecule has 0 amide bonds. The molecule has 2 heteroatoms. The van der Waals surface area contributed by atoms with Crippen molar-refractivity contribution in [1.29, 1.82) is 0 Å². The number of nitrogens with zero attached hydrogens (tertiary/aromatic N) is 2. The third kappa shape index (κ3) is 4.55. The summed E-state index contributed by atoms with van der Waals surface area (Å²) in [4.78, 5) is 10.3. The summed E-state index contributed by atoms with van der Waals surface area (Å²) < 4.78 is 0. The van der Waals surface area contributed by atoms with Crippen molar-refractivity contribution in [2.24, 2.45) is 0 Å². The largest absolute Gasteiger partial charge is 0.228 e. The van der Waals surface area contributed by atoms with Crippen molar-refractivity contribution in [1.82, 2.24) is 9.97 Å². The first-order chi connectivity index (χ1) is 24.8. The molecule has 238 valence electrons. The predicted molar refractivity (Wildman–Crippen MR) is 208 cm³/mol. The van der Waals surface area contributed by atoms with Crippen LogP contribution in [-0.2, 0) is 5.41 Å². The molecule has 10 rings (SSSR count). The summed E-state index contributed by atoms with van der Waals surface area (Å²) >= 11 is 0. The highest BCUT2D eigenvalue weighted by molar-refractivity contribution is 6.08. The van der Waals surface area contributed by atoms with Crippen LogP contribution in [0.15, 0.2) is 158 Å². The molecule has 2 aliphatic carbocycles. The summed E-state index contributed by atoms with van der Waals surface area (Å²) in [6.45, 7) is 0. The van der Waals surface area contributed by atoms with Gasteiger partial charge in [0.05, 0.1) is 11.4 Å². The topological polar surface area (TPSA) is 25.8 Å². The van der Waals surface area contributed by atoms with Crippen molar-refractivity contribution >= 4 is 21.5 Å². The highest BCUT2D eigenvalue weighted by atomic mass is 14.9. The highest BCUT2D eigenvalue weighted by Gasteiger charge is 2.44. The van der Waals surface area contributed by atoms with E-state index in [1.165, 1.54) is 87.0 Å². The van der Waals surface area contributed by atoms with E-state index < -0.39 is 0 Å². The first-order valence-electron chi connectivity index (χ1n) is 18.0. The highest BCUT2D eigenvalue weighted by Crippen LogP contribution is 2.59. The van der Waals surface area contributed by atoms with Gasteiger partial charge in [-0.3, -0.25) is 0 Å². The van der Waals surface area contributed by atoms with Crippen LogP contribution in [0.5, 0.6) is 0 Å². The summed E-state index contributed by atoms with van der Waals surface area (Å²) in [5, 5.41) is 5.09. The molecule has 8 aromatic rings. The van der Waals surface area contributed by atoms with Gasteiger partial charge >= 0.3 is 0 Å². The van der Waals surface area contributed by atoms with Gasteiger partial charge in [-0.05, 0) is 86.0 Å². The predicted octanol–water partition coefficient (Wildman–Crippen LogP) is 12.7. The standard InChI is InChI=1S/C48H36N2/c1-4-15-32(16-5-1)44-31-45(50-47(49-44)33-17-6-2-7-18-33)39-26-25-38(36-21-10-11-22-37(36)39)40-23-14-24-42-46(40)41-29-34-19-8-9-20-35(34)30-43(41)48(42)27-12-3-13-28-48/h1-2,4-11,14-26,29-31H,3,12-13,27-28H2. The number of benzene rings is 7. The van der Waals surface area contributed by atoms with Crippen LogP contribution in [0.4, 0.5) is 0 Å². The monoisotopic (exact) mass is 640 g/mol. The van der Waals surface area contributed by atoms with E-state index >= 15 is 0 Å². The van der Waals surface area contributed by atoms with Gasteiger partial charge in [-0.1, -0.05) is 159 Å². The van der Waals surface area contributed by atoms with E-state index in [4.69, 9.17) is 9.97 Å². The van der Waals surface area contributed by atoms with Crippen molar-refractivity contribution in [2.75, 3.05) is 0 Å². The van der Waals surface area contributed by atoms with E-state index in [0.717, 1.165) is 33.9 Å². The van der Waals surface area contributed by atoms with Gasteiger partial charge in [0, 0.05) is 22.1 Å². The van der Waals surface area contributed by atoms with Gasteiger partial charge in [0.25, 0.3) is 0 Å². The molecule has 0 atom stereocenters. The van der Waals surface area contributed by atoms with Crippen molar-refractivity contribution in [3.63, 3.8) is 0 Å². The van der Waals surface area contributed by atoms with Crippen molar-refractivity contribution in [3.8, 4) is 56.2 Å². The van der Waals surface area contributed by atoms with Crippen LogP contribution in [-0.4, -0.2) is 9.97 Å². The molecule has 0 unspecified atom stereocenters. The Morgan fingerprint density at radius 2 is 1.02 bits per heavy atom. The van der Waals surface area contributed by atoms with Gasteiger partial charge in [0.15, 0.2) is 5.82 Å². The molecule has 0 saturated heterocycles. The average Bonchev–Trinajstić information content (AvgIpc) is 3.45. The molecular weight excluding hydrogens is 605 g/mol.